The Labute approximate surface area is 189 Å². The third kappa shape index (κ3) is 4.04. The van der Waals surface area contributed by atoms with Gasteiger partial charge in [-0.1, -0.05) is 23.7 Å². The number of nitrogens with one attached hydrogen (secondary N) is 1. The fourth-order valence-electron chi connectivity index (χ4n) is 3.73. The van der Waals surface area contributed by atoms with Gasteiger partial charge >= 0.3 is 0 Å². The largest absolute Gasteiger partial charge is 0.384 e. The molecule has 3 aromatic heterocycles. The van der Waals surface area contributed by atoms with Gasteiger partial charge in [-0.2, -0.15) is 0 Å². The van der Waals surface area contributed by atoms with Gasteiger partial charge in [0.1, 0.15) is 24.1 Å². The van der Waals surface area contributed by atoms with E-state index in [1.807, 2.05) is 48.3 Å². The number of pyridine rings is 1. The first-order valence-corrected chi connectivity index (χ1v) is 11.1. The minimum atomic E-state index is -0.731. The summed E-state index contributed by atoms with van der Waals surface area (Å²) in [6.45, 7) is 1.98. The molecule has 1 aliphatic rings. The maximum absolute atomic E-state index is 11.2. The Morgan fingerprint density at radius 2 is 2.03 bits per heavy atom. The molecule has 1 aliphatic heterocycles. The molecule has 31 heavy (non-hydrogen) atoms. The lowest BCUT2D eigenvalue weighted by molar-refractivity contribution is 0.212. The number of thioether (sulfide) groups is 1. The molecule has 0 fully saturated rings. The van der Waals surface area contributed by atoms with Gasteiger partial charge in [-0.3, -0.25) is 4.57 Å². The van der Waals surface area contributed by atoms with Crippen molar-refractivity contribution in [2.45, 2.75) is 24.7 Å². The van der Waals surface area contributed by atoms with Gasteiger partial charge in [0, 0.05) is 40.8 Å². The number of aliphatic hydroxyl groups is 1. The molecule has 0 radical (unpaired) electrons. The third-order valence-corrected chi connectivity index (χ3v) is 6.97. The van der Waals surface area contributed by atoms with Crippen molar-refractivity contribution in [3.05, 3.63) is 101 Å². The Morgan fingerprint density at radius 3 is 2.74 bits per heavy atom. The minimum Gasteiger partial charge on any atom is -0.384 e. The SMILES string of the molecule is Cc1cnc(C2=C(C(O)c3ccc(Cl)cc3)CC(c3ccnc(-n4ccnc4)c3)S2)[nH]1. The van der Waals surface area contributed by atoms with E-state index in [1.165, 1.54) is 0 Å². The van der Waals surface area contributed by atoms with E-state index in [2.05, 4.69) is 26.0 Å². The van der Waals surface area contributed by atoms with Crippen molar-refractivity contribution in [3.63, 3.8) is 0 Å². The highest BCUT2D eigenvalue weighted by molar-refractivity contribution is 8.08. The molecule has 2 N–H and O–H groups in total. The second-order valence-corrected chi connectivity index (χ2v) is 9.10. The van der Waals surface area contributed by atoms with Crippen molar-refractivity contribution in [2.75, 3.05) is 0 Å². The first kappa shape index (κ1) is 20.1. The molecule has 0 amide bonds. The summed E-state index contributed by atoms with van der Waals surface area (Å²) < 4.78 is 1.89. The number of hydrogen-bond acceptors (Lipinski definition) is 5. The van der Waals surface area contributed by atoms with Crippen molar-refractivity contribution in [2.24, 2.45) is 0 Å². The summed E-state index contributed by atoms with van der Waals surface area (Å²) in [5.41, 5.74) is 3.89. The van der Waals surface area contributed by atoms with Crippen LogP contribution in [0.15, 0.2) is 73.1 Å². The molecule has 4 heterocycles. The number of aryl methyl sites for hydroxylation is 1. The minimum absolute atomic E-state index is 0.141. The van der Waals surface area contributed by atoms with Crippen LogP contribution in [0.25, 0.3) is 10.7 Å². The predicted octanol–water partition coefficient (Wildman–Crippen LogP) is 5.28. The number of H-pyrrole nitrogens is 1. The first-order valence-electron chi connectivity index (χ1n) is 9.88. The first-order chi connectivity index (χ1) is 15.1. The molecule has 6 nitrogen and oxygen atoms in total. The van der Waals surface area contributed by atoms with Crippen LogP contribution >= 0.6 is 23.4 Å². The number of aliphatic hydroxyl groups excluding tert-OH is 1. The smallest absolute Gasteiger partial charge is 0.143 e. The van der Waals surface area contributed by atoms with Gasteiger partial charge in [0.05, 0.1) is 4.91 Å². The highest BCUT2D eigenvalue weighted by Crippen LogP contribution is 2.54. The Hall–Kier alpha value is -2.87. The molecule has 1 aromatic carbocycles. The molecule has 0 saturated carbocycles. The number of hydrogen-bond donors (Lipinski definition) is 2. The molecular weight excluding hydrogens is 430 g/mol. The summed E-state index contributed by atoms with van der Waals surface area (Å²) in [4.78, 5) is 17.4. The number of benzene rings is 1. The van der Waals surface area contributed by atoms with E-state index in [4.69, 9.17) is 11.6 Å². The Bertz CT molecular complexity index is 1230. The molecule has 0 saturated heterocycles. The van der Waals surface area contributed by atoms with Crippen molar-refractivity contribution in [3.8, 4) is 5.82 Å². The average Bonchev–Trinajstić information content (AvgIpc) is 3.54. The lowest BCUT2D eigenvalue weighted by Gasteiger charge is -2.15. The fourth-order valence-corrected chi connectivity index (χ4v) is 5.24. The van der Waals surface area contributed by atoms with Gasteiger partial charge < -0.3 is 10.1 Å². The zero-order valence-electron chi connectivity index (χ0n) is 16.7. The average molecular weight is 450 g/mol. The lowest BCUT2D eigenvalue weighted by Crippen LogP contribution is -2.03. The van der Waals surface area contributed by atoms with Crippen LogP contribution in [0.1, 0.15) is 40.4 Å². The molecular formula is C23H20ClN5OS. The topological polar surface area (TPSA) is 79.6 Å². The Balaban J connectivity index is 1.50. The van der Waals surface area contributed by atoms with E-state index < -0.39 is 6.10 Å². The summed E-state index contributed by atoms with van der Waals surface area (Å²) in [6.07, 6.45) is 8.94. The second-order valence-electron chi connectivity index (χ2n) is 7.45. The number of rotatable bonds is 5. The van der Waals surface area contributed by atoms with Crippen molar-refractivity contribution >= 4 is 28.3 Å². The highest BCUT2D eigenvalue weighted by atomic mass is 35.5. The van der Waals surface area contributed by atoms with E-state index in [1.54, 1.807) is 36.4 Å². The molecule has 5 rings (SSSR count). The normalized spacial score (nSPS) is 17.3. The van der Waals surface area contributed by atoms with E-state index in [9.17, 15) is 5.11 Å². The summed E-state index contributed by atoms with van der Waals surface area (Å²) in [7, 11) is 0. The van der Waals surface area contributed by atoms with Gasteiger partial charge in [-0.25, -0.2) is 15.0 Å². The number of aromatic amines is 1. The van der Waals surface area contributed by atoms with Gasteiger partial charge in [0.2, 0.25) is 0 Å². The van der Waals surface area contributed by atoms with Crippen LogP contribution in [0, 0.1) is 6.92 Å². The van der Waals surface area contributed by atoms with Crippen LogP contribution in [0.3, 0.4) is 0 Å². The van der Waals surface area contributed by atoms with Gasteiger partial charge in [0.25, 0.3) is 0 Å². The highest BCUT2D eigenvalue weighted by Gasteiger charge is 2.33. The van der Waals surface area contributed by atoms with Crippen LogP contribution < -0.4 is 0 Å². The monoisotopic (exact) mass is 449 g/mol. The van der Waals surface area contributed by atoms with E-state index in [-0.39, 0.29) is 5.25 Å². The van der Waals surface area contributed by atoms with E-state index >= 15 is 0 Å². The van der Waals surface area contributed by atoms with Crippen molar-refractivity contribution in [1.29, 1.82) is 0 Å². The molecule has 0 aliphatic carbocycles. The van der Waals surface area contributed by atoms with E-state index in [0.29, 0.717) is 11.4 Å². The van der Waals surface area contributed by atoms with Gasteiger partial charge in [0.15, 0.2) is 0 Å². The van der Waals surface area contributed by atoms with Crippen LogP contribution in [-0.2, 0) is 0 Å². The maximum atomic E-state index is 11.2. The van der Waals surface area contributed by atoms with Crippen molar-refractivity contribution in [1.82, 2.24) is 24.5 Å². The number of imidazole rings is 2. The molecule has 0 bridgehead atoms. The number of halogens is 1. The van der Waals surface area contributed by atoms with Gasteiger partial charge in [-0.15, -0.1) is 11.8 Å². The second kappa shape index (κ2) is 8.34. The number of nitrogens with zero attached hydrogens (tertiary/aromatic N) is 4. The van der Waals surface area contributed by atoms with Crippen LogP contribution in [0.4, 0.5) is 0 Å². The molecule has 2 atom stereocenters. The molecule has 2 unspecified atom stereocenters. The van der Waals surface area contributed by atoms with Crippen LogP contribution in [-0.4, -0.2) is 29.6 Å². The Kier molecular flexibility index (Phi) is 5.40. The quantitative estimate of drug-likeness (QED) is 0.433. The summed E-state index contributed by atoms with van der Waals surface area (Å²) >= 11 is 7.76. The van der Waals surface area contributed by atoms with Crippen molar-refractivity contribution < 1.29 is 5.11 Å². The van der Waals surface area contributed by atoms with Crippen LogP contribution in [0.5, 0.6) is 0 Å². The standard InChI is InChI=1S/C23H20ClN5OS/c1-14-12-27-23(28-14)22-18(21(30)15-2-4-17(24)5-3-15)11-19(31-22)16-6-7-26-20(10-16)29-9-8-25-13-29/h2-10,12-13,19,21,30H,11H2,1H3,(H,27,28). The van der Waals surface area contributed by atoms with E-state index in [0.717, 1.165) is 38.9 Å². The van der Waals surface area contributed by atoms with Crippen LogP contribution in [0.2, 0.25) is 5.02 Å². The summed E-state index contributed by atoms with van der Waals surface area (Å²) in [5.74, 6) is 1.61. The molecule has 156 valence electrons. The maximum Gasteiger partial charge on any atom is 0.143 e. The fraction of sp³-hybridized carbons (Fsp3) is 0.174. The molecule has 8 heteroatoms. The lowest BCUT2D eigenvalue weighted by atomic mass is 9.95. The summed E-state index contributed by atoms with van der Waals surface area (Å²) in [5, 5.41) is 12.0. The zero-order valence-corrected chi connectivity index (χ0v) is 18.3. The predicted molar refractivity (Wildman–Crippen MR) is 123 cm³/mol. The molecule has 0 spiro atoms. The third-order valence-electron chi connectivity index (χ3n) is 5.30. The molecule has 4 aromatic rings. The zero-order chi connectivity index (χ0) is 21.4. The summed E-state index contributed by atoms with van der Waals surface area (Å²) in [6, 6.07) is 11.4. The Morgan fingerprint density at radius 1 is 1.19 bits per heavy atom. The number of aromatic nitrogens is 5. The van der Waals surface area contributed by atoms with Gasteiger partial charge in [-0.05, 0) is 54.3 Å².